The average molecular weight is 369 g/mol. The average Bonchev–Trinajstić information content (AvgIpc) is 2.58. The zero-order chi connectivity index (χ0) is 18.4. The molecule has 8 heteroatoms. The third-order valence-electron chi connectivity index (χ3n) is 3.28. The van der Waals surface area contributed by atoms with E-state index in [2.05, 4.69) is 15.4 Å². The molecule has 0 aliphatic rings. The second-order valence-electron chi connectivity index (χ2n) is 5.01. The van der Waals surface area contributed by atoms with Crippen molar-refractivity contribution >= 4 is 34.9 Å². The molecule has 2 aromatic rings. The molecule has 0 fully saturated rings. The smallest absolute Gasteiger partial charge is 0.337 e. The van der Waals surface area contributed by atoms with Gasteiger partial charge in [-0.2, -0.15) is 0 Å². The molecule has 0 saturated heterocycles. The zero-order valence-electron chi connectivity index (χ0n) is 13.2. The van der Waals surface area contributed by atoms with Gasteiger partial charge >= 0.3 is 5.97 Å². The van der Waals surface area contributed by atoms with E-state index in [-0.39, 0.29) is 34.9 Å². The predicted molar refractivity (Wildman–Crippen MR) is 90.9 cm³/mol. The van der Waals surface area contributed by atoms with Gasteiger partial charge in [0.05, 0.1) is 23.4 Å². The predicted octanol–water partition coefficient (Wildman–Crippen LogP) is 3.85. The van der Waals surface area contributed by atoms with Crippen molar-refractivity contribution in [3.63, 3.8) is 0 Å². The van der Waals surface area contributed by atoms with E-state index in [9.17, 15) is 18.4 Å². The van der Waals surface area contributed by atoms with Gasteiger partial charge in [0, 0.05) is 13.0 Å². The van der Waals surface area contributed by atoms with Crippen LogP contribution in [0.3, 0.4) is 0 Å². The van der Waals surface area contributed by atoms with Gasteiger partial charge in [0.15, 0.2) is 0 Å². The van der Waals surface area contributed by atoms with E-state index in [1.165, 1.54) is 31.4 Å². The summed E-state index contributed by atoms with van der Waals surface area (Å²) < 4.78 is 31.5. The maximum Gasteiger partial charge on any atom is 0.337 e. The summed E-state index contributed by atoms with van der Waals surface area (Å²) >= 11 is 5.98. The molecule has 2 N–H and O–H groups in total. The fourth-order valence-corrected chi connectivity index (χ4v) is 2.21. The summed E-state index contributed by atoms with van der Waals surface area (Å²) in [6.07, 6.45) is -0.0629. The number of methoxy groups -OCH3 is 1. The highest BCUT2D eigenvalue weighted by Gasteiger charge is 2.12. The SMILES string of the molecule is COC(=O)c1ccc(Cl)c(NC(=O)CCNc2c(F)cccc2F)c1. The number of anilines is 2. The Kier molecular flexibility index (Phi) is 6.30. The van der Waals surface area contributed by atoms with Crippen LogP contribution in [-0.4, -0.2) is 25.5 Å². The van der Waals surface area contributed by atoms with Crippen LogP contribution in [-0.2, 0) is 9.53 Å². The van der Waals surface area contributed by atoms with Gasteiger partial charge in [-0.3, -0.25) is 4.79 Å². The van der Waals surface area contributed by atoms with Gasteiger partial charge in [-0.15, -0.1) is 0 Å². The van der Waals surface area contributed by atoms with Crippen molar-refractivity contribution in [1.82, 2.24) is 0 Å². The molecule has 0 bridgehead atoms. The van der Waals surface area contributed by atoms with Crippen molar-refractivity contribution in [1.29, 1.82) is 0 Å². The van der Waals surface area contributed by atoms with E-state index in [1.807, 2.05) is 0 Å². The summed E-state index contributed by atoms with van der Waals surface area (Å²) in [7, 11) is 1.24. The summed E-state index contributed by atoms with van der Waals surface area (Å²) in [5, 5.41) is 5.32. The van der Waals surface area contributed by atoms with E-state index in [1.54, 1.807) is 0 Å². The molecule has 0 aliphatic heterocycles. The fourth-order valence-electron chi connectivity index (χ4n) is 2.05. The van der Waals surface area contributed by atoms with E-state index >= 15 is 0 Å². The number of halogens is 3. The number of ether oxygens (including phenoxy) is 1. The Morgan fingerprint density at radius 1 is 1.16 bits per heavy atom. The van der Waals surface area contributed by atoms with Crippen LogP contribution in [0.5, 0.6) is 0 Å². The lowest BCUT2D eigenvalue weighted by Gasteiger charge is -2.10. The first-order valence-electron chi connectivity index (χ1n) is 7.28. The first kappa shape index (κ1) is 18.7. The van der Waals surface area contributed by atoms with Crippen molar-refractivity contribution in [3.05, 3.63) is 58.6 Å². The number of amides is 1. The topological polar surface area (TPSA) is 67.4 Å². The van der Waals surface area contributed by atoms with E-state index in [4.69, 9.17) is 11.6 Å². The second kappa shape index (κ2) is 8.43. The van der Waals surface area contributed by atoms with Crippen LogP contribution in [0.25, 0.3) is 0 Å². The van der Waals surface area contributed by atoms with Gasteiger partial charge in [0.1, 0.15) is 17.3 Å². The lowest BCUT2D eigenvalue weighted by Crippen LogP contribution is -2.17. The molecule has 0 radical (unpaired) electrons. The molecule has 25 heavy (non-hydrogen) atoms. The number of esters is 1. The van der Waals surface area contributed by atoms with Gasteiger partial charge in [0.25, 0.3) is 0 Å². The quantitative estimate of drug-likeness (QED) is 0.760. The lowest BCUT2D eigenvalue weighted by atomic mass is 10.2. The number of carbonyl (C=O) groups excluding carboxylic acids is 2. The van der Waals surface area contributed by atoms with E-state index in [0.717, 1.165) is 12.1 Å². The van der Waals surface area contributed by atoms with E-state index < -0.39 is 23.5 Å². The third kappa shape index (κ3) is 4.90. The van der Waals surface area contributed by atoms with Crippen LogP contribution in [0.15, 0.2) is 36.4 Å². The summed E-state index contributed by atoms with van der Waals surface area (Å²) in [6.45, 7) is 0.0119. The van der Waals surface area contributed by atoms with Gasteiger partial charge < -0.3 is 15.4 Å². The minimum absolute atomic E-state index is 0.0119. The monoisotopic (exact) mass is 368 g/mol. The van der Waals surface area contributed by atoms with Crippen LogP contribution in [0.2, 0.25) is 5.02 Å². The van der Waals surface area contributed by atoms with Gasteiger partial charge in [-0.25, -0.2) is 13.6 Å². The van der Waals surface area contributed by atoms with Crippen LogP contribution in [0, 0.1) is 11.6 Å². The summed E-state index contributed by atoms with van der Waals surface area (Å²) in [5.74, 6) is -2.49. The highest BCUT2D eigenvalue weighted by Crippen LogP contribution is 2.24. The highest BCUT2D eigenvalue weighted by atomic mass is 35.5. The van der Waals surface area contributed by atoms with Gasteiger partial charge in [0.2, 0.25) is 5.91 Å². The Balaban J connectivity index is 1.95. The number of para-hydroxylation sites is 1. The van der Waals surface area contributed by atoms with Crippen LogP contribution in [0.4, 0.5) is 20.2 Å². The standard InChI is InChI=1S/C17H15ClF2N2O3/c1-25-17(24)10-5-6-11(18)14(9-10)22-15(23)7-8-21-16-12(19)3-2-4-13(16)20/h2-6,9,21H,7-8H2,1H3,(H,22,23). The molecule has 0 saturated carbocycles. The Morgan fingerprint density at radius 3 is 2.48 bits per heavy atom. The number of hydrogen-bond acceptors (Lipinski definition) is 4. The molecule has 0 atom stereocenters. The molecule has 0 heterocycles. The molecular formula is C17H15ClF2N2O3. The number of benzene rings is 2. The van der Waals surface area contributed by atoms with Crippen molar-refractivity contribution in [2.24, 2.45) is 0 Å². The number of rotatable bonds is 6. The molecule has 2 rings (SSSR count). The largest absolute Gasteiger partial charge is 0.465 e. The van der Waals surface area contributed by atoms with Crippen molar-refractivity contribution in [2.75, 3.05) is 24.3 Å². The summed E-state index contributed by atoms with van der Waals surface area (Å²) in [5.41, 5.74) is 0.182. The maximum atomic E-state index is 13.5. The van der Waals surface area contributed by atoms with Gasteiger partial charge in [-0.05, 0) is 30.3 Å². The second-order valence-corrected chi connectivity index (χ2v) is 5.42. The lowest BCUT2D eigenvalue weighted by molar-refractivity contribution is -0.115. The highest BCUT2D eigenvalue weighted by molar-refractivity contribution is 6.33. The molecule has 5 nitrogen and oxygen atoms in total. The summed E-state index contributed by atoms with van der Waals surface area (Å²) in [6, 6.07) is 7.78. The molecule has 132 valence electrons. The number of hydrogen-bond donors (Lipinski definition) is 2. The molecule has 0 unspecified atom stereocenters. The molecule has 0 aromatic heterocycles. The number of carbonyl (C=O) groups is 2. The maximum absolute atomic E-state index is 13.5. The Bertz CT molecular complexity index is 779. The normalized spacial score (nSPS) is 10.2. The summed E-state index contributed by atoms with van der Waals surface area (Å²) in [4.78, 5) is 23.5. The first-order valence-corrected chi connectivity index (χ1v) is 7.65. The Morgan fingerprint density at radius 2 is 1.84 bits per heavy atom. The van der Waals surface area contributed by atoms with E-state index in [0.29, 0.717) is 0 Å². The fraction of sp³-hybridized carbons (Fsp3) is 0.176. The Labute approximate surface area is 147 Å². The van der Waals surface area contributed by atoms with Gasteiger partial charge in [-0.1, -0.05) is 17.7 Å². The number of nitrogens with one attached hydrogen (secondary N) is 2. The van der Waals surface area contributed by atoms with Crippen molar-refractivity contribution in [3.8, 4) is 0 Å². The molecule has 2 aromatic carbocycles. The molecule has 1 amide bonds. The van der Waals surface area contributed by atoms with Crippen LogP contribution >= 0.6 is 11.6 Å². The minimum Gasteiger partial charge on any atom is -0.465 e. The molecular weight excluding hydrogens is 354 g/mol. The third-order valence-corrected chi connectivity index (χ3v) is 3.61. The molecule has 0 spiro atoms. The van der Waals surface area contributed by atoms with Crippen molar-refractivity contribution in [2.45, 2.75) is 6.42 Å². The van der Waals surface area contributed by atoms with Crippen molar-refractivity contribution < 1.29 is 23.1 Å². The molecule has 0 aliphatic carbocycles. The van der Waals surface area contributed by atoms with Crippen LogP contribution < -0.4 is 10.6 Å². The minimum atomic E-state index is -0.741. The Hall–Kier alpha value is -2.67. The zero-order valence-corrected chi connectivity index (χ0v) is 14.0. The van der Waals surface area contributed by atoms with Crippen LogP contribution in [0.1, 0.15) is 16.8 Å². The first-order chi connectivity index (χ1) is 11.9.